The number of rotatable bonds is 1. The van der Waals surface area contributed by atoms with Crippen molar-refractivity contribution >= 4 is 5.91 Å². The van der Waals surface area contributed by atoms with E-state index in [2.05, 4.69) is 10.2 Å². The molecule has 1 unspecified atom stereocenters. The molecule has 1 amide bonds. The highest BCUT2D eigenvalue weighted by Gasteiger charge is 2.29. The number of carbonyl (C=O) groups is 1. The number of nitrogens with one attached hydrogen (secondary N) is 1. The molecule has 0 aromatic rings. The van der Waals surface area contributed by atoms with Gasteiger partial charge in [0.25, 0.3) is 5.91 Å². The maximum absolute atomic E-state index is 12.0. The fraction of sp³-hybridized carbons (Fsp3) is 0.900. The molecule has 2 heterocycles. The summed E-state index contributed by atoms with van der Waals surface area (Å²) in [6, 6.07) is 0. The van der Waals surface area contributed by atoms with E-state index in [0.717, 1.165) is 39.3 Å². The topological polar surface area (TPSA) is 44.8 Å². The Bertz CT molecular complexity index is 229. The number of hydrogen-bond acceptors (Lipinski definition) is 4. The predicted octanol–water partition coefficient (Wildman–Crippen LogP) is -1.25. The Morgan fingerprint density at radius 1 is 1.33 bits per heavy atom. The molecular weight excluding hydrogens is 194 g/mol. The molecule has 5 nitrogen and oxygen atoms in total. The molecule has 0 spiro atoms. The molecule has 0 saturated carbocycles. The molecule has 0 aliphatic carbocycles. The van der Waals surface area contributed by atoms with E-state index in [1.54, 1.807) is 0 Å². The van der Waals surface area contributed by atoms with Crippen LogP contribution in [0.5, 0.6) is 0 Å². The van der Waals surface area contributed by atoms with Crippen LogP contribution in [0.25, 0.3) is 0 Å². The van der Waals surface area contributed by atoms with E-state index in [4.69, 9.17) is 4.74 Å². The largest absolute Gasteiger partial charge is 0.366 e. The number of nitrogens with zero attached hydrogens (tertiary/aromatic N) is 2. The highest BCUT2D eigenvalue weighted by atomic mass is 16.5. The summed E-state index contributed by atoms with van der Waals surface area (Å²) in [6.45, 7) is 5.72. The van der Waals surface area contributed by atoms with Gasteiger partial charge in [0.2, 0.25) is 0 Å². The summed E-state index contributed by atoms with van der Waals surface area (Å²) in [7, 11) is 2.03. The number of carbonyl (C=O) groups excluding carboxylic acids is 1. The van der Waals surface area contributed by atoms with Gasteiger partial charge in [-0.3, -0.25) is 4.79 Å². The van der Waals surface area contributed by atoms with Crippen LogP contribution in [-0.2, 0) is 9.53 Å². The monoisotopic (exact) mass is 213 g/mol. The molecule has 0 radical (unpaired) electrons. The van der Waals surface area contributed by atoms with E-state index in [0.29, 0.717) is 6.61 Å². The summed E-state index contributed by atoms with van der Waals surface area (Å²) < 4.78 is 5.51. The lowest BCUT2D eigenvalue weighted by Gasteiger charge is -2.34. The van der Waals surface area contributed by atoms with Crippen LogP contribution in [0.3, 0.4) is 0 Å². The van der Waals surface area contributed by atoms with E-state index >= 15 is 0 Å². The van der Waals surface area contributed by atoms with Crippen molar-refractivity contribution < 1.29 is 9.53 Å². The molecule has 1 atom stereocenters. The number of amides is 1. The minimum atomic E-state index is -0.248. The summed E-state index contributed by atoms with van der Waals surface area (Å²) >= 11 is 0. The molecule has 2 fully saturated rings. The fourth-order valence-electron chi connectivity index (χ4n) is 2.02. The second kappa shape index (κ2) is 4.92. The van der Waals surface area contributed by atoms with Gasteiger partial charge in [0.05, 0.1) is 6.61 Å². The van der Waals surface area contributed by atoms with E-state index in [9.17, 15) is 4.79 Å². The first-order valence-electron chi connectivity index (χ1n) is 5.57. The Morgan fingerprint density at radius 3 is 2.73 bits per heavy atom. The minimum absolute atomic E-state index is 0.156. The molecule has 2 saturated heterocycles. The number of piperazine rings is 1. The lowest BCUT2D eigenvalue weighted by molar-refractivity contribution is -0.149. The van der Waals surface area contributed by atoms with Crippen molar-refractivity contribution in [3.8, 4) is 0 Å². The van der Waals surface area contributed by atoms with Gasteiger partial charge in [-0.15, -0.1) is 0 Å². The van der Waals surface area contributed by atoms with Crippen LogP contribution in [0, 0.1) is 0 Å². The lowest BCUT2D eigenvalue weighted by atomic mass is 10.2. The van der Waals surface area contributed by atoms with E-state index < -0.39 is 0 Å². The summed E-state index contributed by atoms with van der Waals surface area (Å²) in [5, 5.41) is 3.24. The first kappa shape index (κ1) is 10.9. The second-order valence-corrected chi connectivity index (χ2v) is 4.20. The van der Waals surface area contributed by atoms with Gasteiger partial charge in [-0.25, -0.2) is 0 Å². The normalized spacial score (nSPS) is 29.1. The van der Waals surface area contributed by atoms with Gasteiger partial charge in [0.1, 0.15) is 6.10 Å². The van der Waals surface area contributed by atoms with Crippen LogP contribution in [0.1, 0.15) is 0 Å². The Balaban J connectivity index is 1.88. The standard InChI is InChI=1S/C10H19N3O2/c1-12-6-7-15-9(8-12)10(14)13-4-2-11-3-5-13/h9,11H,2-8H2,1H3. The van der Waals surface area contributed by atoms with Gasteiger partial charge in [0.15, 0.2) is 0 Å². The zero-order valence-corrected chi connectivity index (χ0v) is 9.24. The Hall–Kier alpha value is -0.650. The van der Waals surface area contributed by atoms with Crippen molar-refractivity contribution in [3.63, 3.8) is 0 Å². The average Bonchev–Trinajstić information content (AvgIpc) is 2.29. The van der Waals surface area contributed by atoms with Crippen LogP contribution in [0.15, 0.2) is 0 Å². The summed E-state index contributed by atoms with van der Waals surface area (Å²) in [6.07, 6.45) is -0.248. The smallest absolute Gasteiger partial charge is 0.253 e. The molecule has 15 heavy (non-hydrogen) atoms. The molecule has 0 aromatic carbocycles. The summed E-state index contributed by atoms with van der Waals surface area (Å²) in [5.41, 5.74) is 0. The third-order valence-electron chi connectivity index (χ3n) is 2.97. The molecule has 5 heteroatoms. The zero-order valence-electron chi connectivity index (χ0n) is 9.24. The molecular formula is C10H19N3O2. The molecule has 2 rings (SSSR count). The third kappa shape index (κ3) is 2.68. The van der Waals surface area contributed by atoms with Gasteiger partial charge >= 0.3 is 0 Å². The van der Waals surface area contributed by atoms with E-state index in [1.165, 1.54) is 0 Å². The highest BCUT2D eigenvalue weighted by Crippen LogP contribution is 2.07. The average molecular weight is 213 g/mol. The predicted molar refractivity (Wildman–Crippen MR) is 56.7 cm³/mol. The zero-order chi connectivity index (χ0) is 10.7. The lowest BCUT2D eigenvalue weighted by Crippen LogP contribution is -2.54. The van der Waals surface area contributed by atoms with Crippen LogP contribution < -0.4 is 5.32 Å². The maximum Gasteiger partial charge on any atom is 0.253 e. The molecule has 0 bridgehead atoms. The van der Waals surface area contributed by atoms with Gasteiger partial charge < -0.3 is 19.9 Å². The SMILES string of the molecule is CN1CCOC(C(=O)N2CCNCC2)C1. The molecule has 86 valence electrons. The molecule has 1 N–H and O–H groups in total. The minimum Gasteiger partial charge on any atom is -0.366 e. The fourth-order valence-corrected chi connectivity index (χ4v) is 2.02. The number of morpholine rings is 1. The van der Waals surface area contributed by atoms with E-state index in [-0.39, 0.29) is 12.0 Å². The Labute approximate surface area is 90.4 Å². The number of ether oxygens (including phenoxy) is 1. The van der Waals surface area contributed by atoms with Crippen molar-refractivity contribution in [3.05, 3.63) is 0 Å². The van der Waals surface area contributed by atoms with Crippen molar-refractivity contribution in [2.24, 2.45) is 0 Å². The van der Waals surface area contributed by atoms with Crippen LogP contribution >= 0.6 is 0 Å². The molecule has 0 aromatic heterocycles. The van der Waals surface area contributed by atoms with Gasteiger partial charge in [-0.1, -0.05) is 0 Å². The first-order valence-corrected chi connectivity index (χ1v) is 5.57. The van der Waals surface area contributed by atoms with Crippen molar-refractivity contribution in [2.75, 3.05) is 52.9 Å². The van der Waals surface area contributed by atoms with Crippen LogP contribution in [-0.4, -0.2) is 74.7 Å². The van der Waals surface area contributed by atoms with Gasteiger partial charge in [-0.2, -0.15) is 0 Å². The van der Waals surface area contributed by atoms with Gasteiger partial charge in [0, 0.05) is 39.3 Å². The molecule has 2 aliphatic rings. The number of hydrogen-bond donors (Lipinski definition) is 1. The molecule has 2 aliphatic heterocycles. The van der Waals surface area contributed by atoms with Crippen LogP contribution in [0.2, 0.25) is 0 Å². The number of likely N-dealkylation sites (N-methyl/N-ethyl adjacent to an activating group) is 1. The Kier molecular flexibility index (Phi) is 3.56. The summed E-state index contributed by atoms with van der Waals surface area (Å²) in [5.74, 6) is 0.156. The van der Waals surface area contributed by atoms with Crippen LogP contribution in [0.4, 0.5) is 0 Å². The highest BCUT2D eigenvalue weighted by molar-refractivity contribution is 5.81. The first-order chi connectivity index (χ1) is 7.27. The third-order valence-corrected chi connectivity index (χ3v) is 2.97. The Morgan fingerprint density at radius 2 is 2.07 bits per heavy atom. The second-order valence-electron chi connectivity index (χ2n) is 4.20. The van der Waals surface area contributed by atoms with E-state index in [1.807, 2.05) is 11.9 Å². The van der Waals surface area contributed by atoms with Crippen molar-refractivity contribution in [1.82, 2.24) is 15.1 Å². The summed E-state index contributed by atoms with van der Waals surface area (Å²) in [4.78, 5) is 16.1. The maximum atomic E-state index is 12.0. The van der Waals surface area contributed by atoms with Crippen molar-refractivity contribution in [1.29, 1.82) is 0 Å². The van der Waals surface area contributed by atoms with Gasteiger partial charge in [-0.05, 0) is 7.05 Å². The quantitative estimate of drug-likeness (QED) is 0.591. The van der Waals surface area contributed by atoms with Crippen molar-refractivity contribution in [2.45, 2.75) is 6.10 Å².